The summed E-state index contributed by atoms with van der Waals surface area (Å²) in [4.78, 5) is 0. The van der Waals surface area contributed by atoms with Crippen LogP contribution in [0.4, 0.5) is 105 Å². The topological polar surface area (TPSA) is 47.9 Å². The lowest BCUT2D eigenvalue weighted by Gasteiger charge is -2.39. The van der Waals surface area contributed by atoms with Crippen molar-refractivity contribution in [1.29, 1.82) is 0 Å². The number of halogens is 25. The van der Waals surface area contributed by atoms with Crippen molar-refractivity contribution in [3.05, 3.63) is 0 Å². The Morgan fingerprint density at radius 3 is 0.732 bits per heavy atom. The molecule has 0 heterocycles. The van der Waals surface area contributed by atoms with E-state index in [1.165, 1.54) is 4.74 Å². The third-order valence-electron chi connectivity index (χ3n) is 3.70. The molecule has 0 rings (SSSR count). The molecule has 0 aromatic carbocycles. The Bertz CT molecular complexity index is 860. The summed E-state index contributed by atoms with van der Waals surface area (Å²) in [5.41, 5.74) is 0. The van der Waals surface area contributed by atoms with E-state index in [-0.39, 0.29) is 0 Å². The molecule has 0 aliphatic carbocycles. The van der Waals surface area contributed by atoms with Crippen LogP contribution in [0.2, 0.25) is 0 Å². The molecule has 1 unspecified atom stereocenters. The summed E-state index contributed by atoms with van der Waals surface area (Å²) in [6, 6.07) is 0. The molecule has 41 heavy (non-hydrogen) atoms. The molecule has 0 radical (unpaired) electrons. The Balaban J connectivity index is 6.50. The monoisotopic (exact) mass is 700 g/mol. The largest absolute Gasteiger partial charge is 0.446 e. The first-order chi connectivity index (χ1) is 17.1. The Hall–Kier alpha value is -1.55. The van der Waals surface area contributed by atoms with Gasteiger partial charge in [-0.1, -0.05) is 11.6 Å². The SMILES string of the molecule is OC(F)(F)C(F)(F)C(F)(F)OC(F)(F)C(F)(F)C(F)(F)OC(F)(F)C(F)(F)C(F)(F)OC(F)(F)C(F)(Cl)C(F)(F)F. The lowest BCUT2D eigenvalue weighted by molar-refractivity contribution is -0.559. The van der Waals surface area contributed by atoms with Gasteiger partial charge < -0.3 is 5.11 Å². The van der Waals surface area contributed by atoms with E-state index in [9.17, 15) is 105 Å². The molecule has 4 nitrogen and oxygen atoms in total. The molecule has 0 saturated heterocycles. The van der Waals surface area contributed by atoms with Gasteiger partial charge in [0.25, 0.3) is 0 Å². The fourth-order valence-electron chi connectivity index (χ4n) is 1.55. The molecule has 29 heteroatoms. The summed E-state index contributed by atoms with van der Waals surface area (Å²) in [5, 5.41) is 0.422. The van der Waals surface area contributed by atoms with E-state index in [1.807, 2.05) is 0 Å². The second-order valence-electron chi connectivity index (χ2n) is 6.74. The molecule has 0 bridgehead atoms. The molecule has 0 aliphatic rings. The number of rotatable bonds is 13. The van der Waals surface area contributed by atoms with Crippen LogP contribution in [-0.4, -0.2) is 76.9 Å². The van der Waals surface area contributed by atoms with Crippen molar-refractivity contribution in [2.75, 3.05) is 0 Å². The Morgan fingerprint density at radius 1 is 0.341 bits per heavy atom. The summed E-state index contributed by atoms with van der Waals surface area (Å²) in [6.45, 7) is 0. The Kier molecular flexibility index (Phi) is 9.62. The van der Waals surface area contributed by atoms with Crippen LogP contribution in [-0.2, 0) is 14.2 Å². The Morgan fingerprint density at radius 2 is 0.537 bits per heavy atom. The Labute approximate surface area is 209 Å². The van der Waals surface area contributed by atoms with Gasteiger partial charge in [-0.25, -0.2) is 18.6 Å². The smallest absolute Gasteiger partial charge is 0.331 e. The van der Waals surface area contributed by atoms with Crippen molar-refractivity contribution in [1.82, 2.24) is 0 Å². The second-order valence-corrected chi connectivity index (χ2v) is 7.26. The van der Waals surface area contributed by atoms with Crippen molar-refractivity contribution in [2.45, 2.75) is 71.8 Å². The lowest BCUT2D eigenvalue weighted by Crippen LogP contribution is -2.67. The van der Waals surface area contributed by atoms with E-state index in [4.69, 9.17) is 5.11 Å². The van der Waals surface area contributed by atoms with Gasteiger partial charge in [0.05, 0.1) is 0 Å². The highest BCUT2D eigenvalue weighted by Crippen LogP contribution is 2.58. The van der Waals surface area contributed by atoms with E-state index >= 15 is 0 Å². The number of hydrogen-bond donors (Lipinski definition) is 1. The normalized spacial score (nSPS) is 18.0. The predicted octanol–water partition coefficient (Wildman–Crippen LogP) is 7.55. The minimum absolute atomic E-state index is 0.952. The maximum absolute atomic E-state index is 13.3. The number of aliphatic hydroxyl groups is 1. The molecular formula is C12HClF24O4. The third-order valence-corrected chi connectivity index (χ3v) is 4.13. The summed E-state index contributed by atoms with van der Waals surface area (Å²) in [6.07, 6.45) is -63.6. The lowest BCUT2D eigenvalue weighted by atomic mass is 10.2. The molecule has 0 spiro atoms. The minimum atomic E-state index is -8.58. The van der Waals surface area contributed by atoms with Crippen molar-refractivity contribution in [3.63, 3.8) is 0 Å². The van der Waals surface area contributed by atoms with Crippen molar-refractivity contribution >= 4 is 11.6 Å². The quantitative estimate of drug-likeness (QED) is 0.159. The van der Waals surface area contributed by atoms with Gasteiger partial charge in [0.2, 0.25) is 0 Å². The highest BCUT2D eigenvalue weighted by atomic mass is 35.5. The van der Waals surface area contributed by atoms with Gasteiger partial charge in [-0.15, -0.1) is 0 Å². The first-order valence-corrected chi connectivity index (χ1v) is 8.55. The van der Waals surface area contributed by atoms with Gasteiger partial charge in [-0.05, 0) is 0 Å². The van der Waals surface area contributed by atoms with E-state index in [1.54, 1.807) is 0 Å². The van der Waals surface area contributed by atoms with E-state index in [2.05, 4.69) is 11.6 Å². The number of alkyl halides is 25. The van der Waals surface area contributed by atoms with Crippen LogP contribution < -0.4 is 0 Å². The van der Waals surface area contributed by atoms with Crippen LogP contribution in [0, 0.1) is 0 Å². The van der Waals surface area contributed by atoms with Gasteiger partial charge in [0.15, 0.2) is 0 Å². The number of hydrogen-bond acceptors (Lipinski definition) is 4. The zero-order valence-electron chi connectivity index (χ0n) is 17.1. The summed E-state index contributed by atoms with van der Waals surface area (Å²) in [7, 11) is 0. The second kappa shape index (κ2) is 10.00. The average molecular weight is 701 g/mol. The van der Waals surface area contributed by atoms with Crippen LogP contribution in [0.3, 0.4) is 0 Å². The highest BCUT2D eigenvalue weighted by molar-refractivity contribution is 6.24. The van der Waals surface area contributed by atoms with Crippen molar-refractivity contribution in [2.24, 2.45) is 0 Å². The van der Waals surface area contributed by atoms with Gasteiger partial charge >= 0.3 is 71.8 Å². The molecule has 1 N–H and O–H groups in total. The summed E-state index contributed by atoms with van der Waals surface area (Å²) in [5.74, 6) is -24.9. The fourth-order valence-corrected chi connectivity index (χ4v) is 1.59. The maximum atomic E-state index is 13.3. The van der Waals surface area contributed by atoms with Gasteiger partial charge in [-0.2, -0.15) is 101 Å². The standard InChI is InChI=1S/C12HClF24O4/c13-1(14,5(21,22)23)7(26,27)39-9(30,31)3(17,18)11(34,35)41-12(36,37)4(19,20)10(32,33)40-8(28,29)2(15,16)6(24,25)38/h38H. The molecule has 0 aliphatic heterocycles. The summed E-state index contributed by atoms with van der Waals surface area (Å²) >= 11 is 3.45. The molecule has 248 valence electrons. The molecule has 0 fully saturated rings. The van der Waals surface area contributed by atoms with E-state index < -0.39 is 71.8 Å². The zero-order chi connectivity index (χ0) is 34.1. The van der Waals surface area contributed by atoms with Gasteiger partial charge in [-0.3, -0.25) is 0 Å². The van der Waals surface area contributed by atoms with Gasteiger partial charge in [0, 0.05) is 0 Å². The average Bonchev–Trinajstić information content (AvgIpc) is 2.62. The zero-order valence-corrected chi connectivity index (χ0v) is 17.9. The van der Waals surface area contributed by atoms with Crippen molar-refractivity contribution < 1.29 is 125 Å². The molecular weight excluding hydrogens is 700 g/mol. The van der Waals surface area contributed by atoms with Crippen LogP contribution in [0.1, 0.15) is 0 Å². The van der Waals surface area contributed by atoms with E-state index in [0.29, 0.717) is 0 Å². The minimum Gasteiger partial charge on any atom is -0.331 e. The van der Waals surface area contributed by atoms with Crippen LogP contribution in [0.25, 0.3) is 0 Å². The first kappa shape index (κ1) is 39.4. The first-order valence-electron chi connectivity index (χ1n) is 8.17. The fraction of sp³-hybridized carbons (Fsp3) is 1.00. The van der Waals surface area contributed by atoms with Crippen LogP contribution in [0.5, 0.6) is 0 Å². The molecule has 0 aromatic rings. The highest BCUT2D eigenvalue weighted by Gasteiger charge is 2.86. The maximum Gasteiger partial charge on any atom is 0.446 e. The number of ether oxygens (including phenoxy) is 3. The third kappa shape index (κ3) is 6.53. The van der Waals surface area contributed by atoms with Crippen LogP contribution >= 0.6 is 11.6 Å². The van der Waals surface area contributed by atoms with Gasteiger partial charge in [0.1, 0.15) is 0 Å². The molecule has 1 atom stereocenters. The molecule has 0 aromatic heterocycles. The van der Waals surface area contributed by atoms with E-state index in [0.717, 1.165) is 9.47 Å². The summed E-state index contributed by atoms with van der Waals surface area (Å²) < 4.78 is 312. The molecule has 0 amide bonds. The predicted molar refractivity (Wildman–Crippen MR) is 70.7 cm³/mol. The van der Waals surface area contributed by atoms with Crippen LogP contribution in [0.15, 0.2) is 0 Å². The van der Waals surface area contributed by atoms with Crippen molar-refractivity contribution in [3.8, 4) is 0 Å². The molecule has 0 saturated carbocycles.